The van der Waals surface area contributed by atoms with Crippen LogP contribution in [0.5, 0.6) is 0 Å². The molecule has 126 valence electrons. The van der Waals surface area contributed by atoms with Crippen molar-refractivity contribution in [2.45, 2.75) is 90.9 Å². The van der Waals surface area contributed by atoms with Gasteiger partial charge < -0.3 is 0 Å². The summed E-state index contributed by atoms with van der Waals surface area (Å²) in [6, 6.07) is 7.20. The molecule has 1 aromatic rings. The fourth-order valence-electron chi connectivity index (χ4n) is 3.80. The van der Waals surface area contributed by atoms with Gasteiger partial charge in [-0.25, -0.2) is 0 Å². The number of hydrogen-bond donors (Lipinski definition) is 0. The molecule has 1 heteroatoms. The second kappa shape index (κ2) is 6.31. The van der Waals surface area contributed by atoms with Crippen LogP contribution in [0.25, 0.3) is 0 Å². The lowest BCUT2D eigenvalue weighted by molar-refractivity contribution is 0.347. The third-order valence-electron chi connectivity index (χ3n) is 5.38. The standard InChI is InChI=1S/C22H33N/c1-15-8-10-16(11-9-15)17-12-19(21(2,3)4)18(14-23)20(13-17)22(5,6)7/h12-13,15-16H,8-11H2,1-7H3. The minimum Gasteiger partial charge on any atom is -0.192 e. The Kier molecular flexibility index (Phi) is 4.95. The minimum absolute atomic E-state index is 0.00301. The topological polar surface area (TPSA) is 23.8 Å². The Bertz CT molecular complexity index is 561. The molecule has 1 fully saturated rings. The molecule has 0 N–H and O–H groups in total. The third kappa shape index (κ3) is 3.97. The maximum Gasteiger partial charge on any atom is 0.0997 e. The van der Waals surface area contributed by atoms with Crippen LogP contribution >= 0.6 is 0 Å². The fraction of sp³-hybridized carbons (Fsp3) is 0.682. The molecule has 1 aliphatic rings. The molecule has 0 amide bonds. The summed E-state index contributed by atoms with van der Waals surface area (Å²) in [7, 11) is 0. The normalized spacial score (nSPS) is 22.7. The monoisotopic (exact) mass is 311 g/mol. The van der Waals surface area contributed by atoms with Crippen molar-refractivity contribution in [3.05, 3.63) is 34.4 Å². The van der Waals surface area contributed by atoms with Gasteiger partial charge in [0.25, 0.3) is 0 Å². The first-order valence-corrected chi connectivity index (χ1v) is 9.13. The number of hydrogen-bond acceptors (Lipinski definition) is 1. The number of nitriles is 1. The van der Waals surface area contributed by atoms with E-state index in [4.69, 9.17) is 0 Å². The molecule has 0 bridgehead atoms. The van der Waals surface area contributed by atoms with Crippen molar-refractivity contribution >= 4 is 0 Å². The van der Waals surface area contributed by atoms with Gasteiger partial charge in [0.2, 0.25) is 0 Å². The van der Waals surface area contributed by atoms with Crippen LogP contribution in [0.2, 0.25) is 0 Å². The largest absolute Gasteiger partial charge is 0.192 e. The SMILES string of the molecule is CC1CCC(c2cc(C(C)(C)C)c(C#N)c(C(C)(C)C)c2)CC1. The zero-order valence-corrected chi connectivity index (χ0v) is 16.1. The van der Waals surface area contributed by atoms with Crippen molar-refractivity contribution < 1.29 is 0 Å². The highest BCUT2D eigenvalue weighted by Gasteiger charge is 2.29. The fourth-order valence-corrected chi connectivity index (χ4v) is 3.80. The molecule has 2 rings (SSSR count). The summed E-state index contributed by atoms with van der Waals surface area (Å²) in [5, 5.41) is 9.81. The van der Waals surface area contributed by atoms with Gasteiger partial charge in [0, 0.05) is 0 Å². The first-order valence-electron chi connectivity index (χ1n) is 9.13. The Balaban J connectivity index is 2.59. The van der Waals surface area contributed by atoms with Gasteiger partial charge in [-0.2, -0.15) is 5.26 Å². The molecule has 0 aliphatic heterocycles. The van der Waals surface area contributed by atoms with Crippen LogP contribution in [-0.4, -0.2) is 0 Å². The van der Waals surface area contributed by atoms with E-state index in [-0.39, 0.29) is 10.8 Å². The van der Waals surface area contributed by atoms with E-state index < -0.39 is 0 Å². The predicted octanol–water partition coefficient (Wildman–Crippen LogP) is 6.45. The zero-order valence-electron chi connectivity index (χ0n) is 16.1. The molecular weight excluding hydrogens is 278 g/mol. The Labute approximate surface area is 143 Å². The molecule has 23 heavy (non-hydrogen) atoms. The van der Waals surface area contributed by atoms with E-state index in [1.165, 1.54) is 42.4 Å². The summed E-state index contributed by atoms with van der Waals surface area (Å²) in [6.45, 7) is 15.7. The van der Waals surface area contributed by atoms with Crippen molar-refractivity contribution in [3.63, 3.8) is 0 Å². The van der Waals surface area contributed by atoms with Crippen LogP contribution < -0.4 is 0 Å². The second-order valence-corrected chi connectivity index (χ2v) is 9.56. The summed E-state index contributed by atoms with van der Waals surface area (Å²) in [4.78, 5) is 0. The second-order valence-electron chi connectivity index (χ2n) is 9.56. The van der Waals surface area contributed by atoms with Crippen LogP contribution in [0, 0.1) is 17.2 Å². The molecule has 0 unspecified atom stereocenters. The van der Waals surface area contributed by atoms with Gasteiger partial charge in [0.05, 0.1) is 11.6 Å². The lowest BCUT2D eigenvalue weighted by Gasteiger charge is -2.32. The van der Waals surface area contributed by atoms with Gasteiger partial charge in [-0.05, 0) is 52.2 Å². The van der Waals surface area contributed by atoms with Crippen molar-refractivity contribution in [1.82, 2.24) is 0 Å². The van der Waals surface area contributed by atoms with Gasteiger partial charge in [-0.3, -0.25) is 0 Å². The number of benzene rings is 1. The molecule has 0 heterocycles. The molecule has 0 radical (unpaired) electrons. The van der Waals surface area contributed by atoms with Crippen LogP contribution in [0.4, 0.5) is 0 Å². The molecule has 1 aliphatic carbocycles. The maximum absolute atomic E-state index is 9.81. The molecule has 1 aromatic carbocycles. The lowest BCUT2D eigenvalue weighted by Crippen LogP contribution is -2.22. The summed E-state index contributed by atoms with van der Waals surface area (Å²) >= 11 is 0. The van der Waals surface area contributed by atoms with Crippen LogP contribution in [0.1, 0.15) is 102 Å². The van der Waals surface area contributed by atoms with Crippen LogP contribution in [0.15, 0.2) is 12.1 Å². The highest BCUT2D eigenvalue weighted by Crippen LogP contribution is 2.41. The summed E-state index contributed by atoms with van der Waals surface area (Å²) in [6.07, 6.45) is 5.25. The smallest absolute Gasteiger partial charge is 0.0997 e. The van der Waals surface area contributed by atoms with Gasteiger partial charge in [0.1, 0.15) is 0 Å². The highest BCUT2D eigenvalue weighted by molar-refractivity contribution is 5.53. The van der Waals surface area contributed by atoms with E-state index in [1.54, 1.807) is 0 Å². The zero-order chi connectivity index (χ0) is 17.4. The third-order valence-corrected chi connectivity index (χ3v) is 5.38. The molecule has 1 saturated carbocycles. The van der Waals surface area contributed by atoms with E-state index >= 15 is 0 Å². The first kappa shape index (κ1) is 18.1. The van der Waals surface area contributed by atoms with E-state index in [9.17, 15) is 5.26 Å². The van der Waals surface area contributed by atoms with E-state index in [0.29, 0.717) is 5.92 Å². The first-order chi connectivity index (χ1) is 10.5. The Morgan fingerprint density at radius 3 is 1.65 bits per heavy atom. The summed E-state index contributed by atoms with van der Waals surface area (Å²) < 4.78 is 0. The van der Waals surface area contributed by atoms with Crippen molar-refractivity contribution in [2.75, 3.05) is 0 Å². The van der Waals surface area contributed by atoms with E-state index in [0.717, 1.165) is 11.5 Å². The minimum atomic E-state index is 0.00301. The van der Waals surface area contributed by atoms with E-state index in [1.807, 2.05) is 0 Å². The number of nitrogens with zero attached hydrogens (tertiary/aromatic N) is 1. The molecule has 0 saturated heterocycles. The Morgan fingerprint density at radius 2 is 1.30 bits per heavy atom. The van der Waals surface area contributed by atoms with Crippen molar-refractivity contribution in [2.24, 2.45) is 5.92 Å². The summed E-state index contributed by atoms with van der Waals surface area (Å²) in [5.74, 6) is 1.54. The Morgan fingerprint density at radius 1 is 0.870 bits per heavy atom. The highest BCUT2D eigenvalue weighted by atomic mass is 14.4. The average molecular weight is 312 g/mol. The van der Waals surface area contributed by atoms with E-state index in [2.05, 4.69) is 66.7 Å². The van der Waals surface area contributed by atoms with Gasteiger partial charge >= 0.3 is 0 Å². The average Bonchev–Trinajstić information content (AvgIpc) is 2.44. The van der Waals surface area contributed by atoms with Gasteiger partial charge in [0.15, 0.2) is 0 Å². The predicted molar refractivity (Wildman–Crippen MR) is 98.9 cm³/mol. The van der Waals surface area contributed by atoms with Crippen LogP contribution in [-0.2, 0) is 10.8 Å². The quantitative estimate of drug-likeness (QED) is 0.585. The van der Waals surface area contributed by atoms with Crippen molar-refractivity contribution in [1.29, 1.82) is 5.26 Å². The molecule has 0 spiro atoms. The molecule has 0 aromatic heterocycles. The Hall–Kier alpha value is -1.29. The molecular formula is C22H33N. The molecule has 0 atom stereocenters. The summed E-state index contributed by atoms with van der Waals surface area (Å²) in [5.41, 5.74) is 4.82. The van der Waals surface area contributed by atoms with Gasteiger partial charge in [-0.1, -0.05) is 73.4 Å². The van der Waals surface area contributed by atoms with Crippen molar-refractivity contribution in [3.8, 4) is 6.07 Å². The number of rotatable bonds is 1. The van der Waals surface area contributed by atoms with Gasteiger partial charge in [-0.15, -0.1) is 0 Å². The lowest BCUT2D eigenvalue weighted by atomic mass is 9.72. The molecule has 1 nitrogen and oxygen atoms in total. The van der Waals surface area contributed by atoms with Crippen LogP contribution in [0.3, 0.4) is 0 Å². The maximum atomic E-state index is 9.81.